The standard InChI is InChI=1S/C21H27FN2O4/c22-16-10-8-15(9-11-16)21(12-4-5-13-21)19(26)28-14-18(25)24-20(27)23-17-6-2-1-3-7-17/h8-11,17H,1-7,12-14H2,(H2,23,24,25,27). The molecule has 6 nitrogen and oxygen atoms in total. The first kappa shape index (κ1) is 20.3. The van der Waals surface area contributed by atoms with Gasteiger partial charge in [0.25, 0.3) is 5.91 Å². The van der Waals surface area contributed by atoms with Gasteiger partial charge in [-0.15, -0.1) is 0 Å². The first-order valence-corrected chi connectivity index (χ1v) is 10.0. The smallest absolute Gasteiger partial charge is 0.321 e. The van der Waals surface area contributed by atoms with Gasteiger partial charge < -0.3 is 10.1 Å². The maximum atomic E-state index is 13.2. The third-order valence-corrected chi connectivity index (χ3v) is 5.77. The predicted octanol–water partition coefficient (Wildman–Crippen LogP) is 3.34. The molecule has 3 amide bonds. The highest BCUT2D eigenvalue weighted by Crippen LogP contribution is 2.42. The van der Waals surface area contributed by atoms with Crippen LogP contribution in [0, 0.1) is 5.82 Å². The Morgan fingerprint density at radius 3 is 2.29 bits per heavy atom. The number of halogens is 1. The molecule has 0 heterocycles. The molecule has 2 fully saturated rings. The van der Waals surface area contributed by atoms with Gasteiger partial charge in [0, 0.05) is 6.04 Å². The Hall–Kier alpha value is -2.44. The molecule has 152 valence electrons. The van der Waals surface area contributed by atoms with Gasteiger partial charge in [-0.25, -0.2) is 9.18 Å². The molecule has 28 heavy (non-hydrogen) atoms. The maximum Gasteiger partial charge on any atom is 0.321 e. The van der Waals surface area contributed by atoms with Crippen LogP contribution in [0.2, 0.25) is 0 Å². The average Bonchev–Trinajstić information content (AvgIpc) is 3.18. The molecule has 0 saturated heterocycles. The maximum absolute atomic E-state index is 13.2. The molecule has 3 rings (SSSR count). The first-order valence-electron chi connectivity index (χ1n) is 10.0. The number of amides is 3. The van der Waals surface area contributed by atoms with Crippen molar-refractivity contribution in [1.82, 2.24) is 10.6 Å². The van der Waals surface area contributed by atoms with Gasteiger partial charge >= 0.3 is 12.0 Å². The van der Waals surface area contributed by atoms with Crippen LogP contribution in [0.1, 0.15) is 63.4 Å². The third kappa shape index (κ3) is 4.88. The Morgan fingerprint density at radius 1 is 1.00 bits per heavy atom. The number of hydrogen-bond donors (Lipinski definition) is 2. The molecule has 1 aromatic rings. The molecule has 0 aromatic heterocycles. The van der Waals surface area contributed by atoms with E-state index in [0.29, 0.717) is 18.4 Å². The molecule has 0 bridgehead atoms. The number of nitrogens with one attached hydrogen (secondary N) is 2. The highest BCUT2D eigenvalue weighted by Gasteiger charge is 2.44. The van der Waals surface area contributed by atoms with Crippen molar-refractivity contribution in [2.75, 3.05) is 6.61 Å². The lowest BCUT2D eigenvalue weighted by Crippen LogP contribution is -2.46. The summed E-state index contributed by atoms with van der Waals surface area (Å²) in [6, 6.07) is 5.38. The minimum absolute atomic E-state index is 0.0873. The summed E-state index contributed by atoms with van der Waals surface area (Å²) >= 11 is 0. The number of urea groups is 1. The van der Waals surface area contributed by atoms with Gasteiger partial charge in [0.15, 0.2) is 6.61 Å². The number of carbonyl (C=O) groups is 3. The summed E-state index contributed by atoms with van der Waals surface area (Å²) in [6.45, 7) is -0.514. The van der Waals surface area contributed by atoms with Crippen LogP contribution < -0.4 is 10.6 Å². The Labute approximate surface area is 164 Å². The van der Waals surface area contributed by atoms with Crippen LogP contribution in [0.25, 0.3) is 0 Å². The molecule has 2 aliphatic carbocycles. The van der Waals surface area contributed by atoms with Crippen LogP contribution in [0.3, 0.4) is 0 Å². The van der Waals surface area contributed by atoms with Crippen LogP contribution in [-0.2, 0) is 19.7 Å². The van der Waals surface area contributed by atoms with E-state index in [1.807, 2.05) is 0 Å². The molecular formula is C21H27FN2O4. The van der Waals surface area contributed by atoms with E-state index >= 15 is 0 Å². The number of ether oxygens (including phenoxy) is 1. The van der Waals surface area contributed by atoms with Crippen molar-refractivity contribution in [3.63, 3.8) is 0 Å². The normalized spacial score (nSPS) is 19.0. The molecule has 0 unspecified atom stereocenters. The second kappa shape index (κ2) is 9.17. The van der Waals surface area contributed by atoms with Crippen LogP contribution in [-0.4, -0.2) is 30.6 Å². The average molecular weight is 390 g/mol. The second-order valence-corrected chi connectivity index (χ2v) is 7.73. The molecule has 2 N–H and O–H groups in total. The summed E-state index contributed by atoms with van der Waals surface area (Å²) in [6.07, 6.45) is 8.06. The number of rotatable bonds is 5. The van der Waals surface area contributed by atoms with Gasteiger partial charge in [0.05, 0.1) is 5.41 Å². The summed E-state index contributed by atoms with van der Waals surface area (Å²) < 4.78 is 18.5. The fourth-order valence-electron chi connectivity index (χ4n) is 4.26. The zero-order valence-corrected chi connectivity index (χ0v) is 16.0. The fraction of sp³-hybridized carbons (Fsp3) is 0.571. The molecule has 0 aliphatic heterocycles. The molecule has 7 heteroatoms. The largest absolute Gasteiger partial charge is 0.455 e. The Bertz CT molecular complexity index is 708. The number of imide groups is 1. The van der Waals surface area contributed by atoms with Crippen LogP contribution in [0.4, 0.5) is 9.18 Å². The highest BCUT2D eigenvalue weighted by atomic mass is 19.1. The van der Waals surface area contributed by atoms with E-state index in [9.17, 15) is 18.8 Å². The SMILES string of the molecule is O=C(COC(=O)C1(c2ccc(F)cc2)CCCC1)NC(=O)NC1CCCCC1. The summed E-state index contributed by atoms with van der Waals surface area (Å²) in [5.74, 6) is -1.53. The molecule has 0 spiro atoms. The molecule has 0 radical (unpaired) electrons. The number of hydrogen-bond acceptors (Lipinski definition) is 4. The highest BCUT2D eigenvalue weighted by molar-refractivity contribution is 5.96. The van der Waals surface area contributed by atoms with Gasteiger partial charge in [-0.05, 0) is 43.4 Å². The van der Waals surface area contributed by atoms with Crippen LogP contribution >= 0.6 is 0 Å². The van der Waals surface area contributed by atoms with Crippen molar-refractivity contribution in [3.05, 3.63) is 35.6 Å². The van der Waals surface area contributed by atoms with E-state index in [1.165, 1.54) is 18.6 Å². The Balaban J connectivity index is 1.52. The molecule has 0 atom stereocenters. The zero-order valence-electron chi connectivity index (χ0n) is 16.0. The van der Waals surface area contributed by atoms with Gasteiger partial charge in [-0.2, -0.15) is 0 Å². The predicted molar refractivity (Wildman–Crippen MR) is 101 cm³/mol. The van der Waals surface area contributed by atoms with Crippen molar-refractivity contribution >= 4 is 17.9 Å². The Morgan fingerprint density at radius 2 is 1.64 bits per heavy atom. The summed E-state index contributed by atoms with van der Waals surface area (Å²) in [4.78, 5) is 36.7. The lowest BCUT2D eigenvalue weighted by molar-refractivity contribution is -0.154. The van der Waals surface area contributed by atoms with E-state index in [1.54, 1.807) is 12.1 Å². The first-order chi connectivity index (χ1) is 13.5. The van der Waals surface area contributed by atoms with E-state index in [2.05, 4.69) is 10.6 Å². The van der Waals surface area contributed by atoms with Crippen LogP contribution in [0.5, 0.6) is 0 Å². The molecular weight excluding hydrogens is 363 g/mol. The van der Waals surface area contributed by atoms with Crippen molar-refractivity contribution in [2.45, 2.75) is 69.2 Å². The van der Waals surface area contributed by atoms with Crippen molar-refractivity contribution in [2.24, 2.45) is 0 Å². The summed E-state index contributed by atoms with van der Waals surface area (Å²) in [5.41, 5.74) is -0.148. The summed E-state index contributed by atoms with van der Waals surface area (Å²) in [5, 5.41) is 5.00. The van der Waals surface area contributed by atoms with Crippen LogP contribution in [0.15, 0.2) is 24.3 Å². The van der Waals surface area contributed by atoms with Gasteiger partial charge in [-0.1, -0.05) is 44.2 Å². The summed E-state index contributed by atoms with van der Waals surface area (Å²) in [7, 11) is 0. The van der Waals surface area contributed by atoms with Crippen molar-refractivity contribution in [1.29, 1.82) is 0 Å². The van der Waals surface area contributed by atoms with E-state index in [4.69, 9.17) is 4.74 Å². The molecule has 2 saturated carbocycles. The van der Waals surface area contributed by atoms with E-state index < -0.39 is 29.9 Å². The zero-order chi connectivity index (χ0) is 20.0. The molecule has 2 aliphatic rings. The minimum atomic E-state index is -0.849. The lowest BCUT2D eigenvalue weighted by atomic mass is 9.79. The van der Waals surface area contributed by atoms with Crippen molar-refractivity contribution in [3.8, 4) is 0 Å². The topological polar surface area (TPSA) is 84.5 Å². The number of benzene rings is 1. The number of carbonyl (C=O) groups excluding carboxylic acids is 3. The lowest BCUT2D eigenvalue weighted by Gasteiger charge is -2.27. The fourth-order valence-corrected chi connectivity index (χ4v) is 4.26. The van der Waals surface area contributed by atoms with Gasteiger partial charge in [-0.3, -0.25) is 14.9 Å². The van der Waals surface area contributed by atoms with E-state index in [0.717, 1.165) is 38.5 Å². The minimum Gasteiger partial charge on any atom is -0.455 e. The monoisotopic (exact) mass is 390 g/mol. The van der Waals surface area contributed by atoms with Gasteiger partial charge in [0.2, 0.25) is 0 Å². The molecule has 1 aromatic carbocycles. The van der Waals surface area contributed by atoms with E-state index in [-0.39, 0.29) is 11.9 Å². The van der Waals surface area contributed by atoms with Crippen molar-refractivity contribution < 1.29 is 23.5 Å². The number of esters is 1. The second-order valence-electron chi connectivity index (χ2n) is 7.73. The Kier molecular flexibility index (Phi) is 6.65. The quantitative estimate of drug-likeness (QED) is 0.755. The third-order valence-electron chi connectivity index (χ3n) is 5.77. The van der Waals surface area contributed by atoms with Gasteiger partial charge in [0.1, 0.15) is 5.82 Å².